The number of aliphatic hydroxyl groups excluding tert-OH is 1. The van der Waals surface area contributed by atoms with Crippen molar-refractivity contribution in [2.45, 2.75) is 45.8 Å². The minimum absolute atomic E-state index is 0.109. The van der Waals surface area contributed by atoms with E-state index in [9.17, 15) is 23.5 Å². The molecule has 0 bridgehead atoms. The summed E-state index contributed by atoms with van der Waals surface area (Å²) in [6, 6.07) is 15.6. The molecule has 0 radical (unpaired) electrons. The van der Waals surface area contributed by atoms with Crippen molar-refractivity contribution in [3.63, 3.8) is 0 Å². The fraction of sp³-hybridized carbons (Fsp3) is 0.310. The third-order valence-corrected chi connectivity index (χ3v) is 6.69. The highest BCUT2D eigenvalue weighted by Crippen LogP contribution is 2.26. The van der Waals surface area contributed by atoms with Crippen molar-refractivity contribution in [3.8, 4) is 0 Å². The Morgan fingerprint density at radius 1 is 1.12 bits per heavy atom. The molecule has 0 atom stereocenters. The summed E-state index contributed by atoms with van der Waals surface area (Å²) in [7, 11) is 0. The quantitative estimate of drug-likeness (QED) is 0.286. The molecule has 0 aliphatic carbocycles. The van der Waals surface area contributed by atoms with Gasteiger partial charge in [-0.3, -0.25) is 19.6 Å². The molecular weight excluding hydrogens is 518 g/mol. The van der Waals surface area contributed by atoms with E-state index in [-0.39, 0.29) is 31.7 Å². The zero-order valence-corrected chi connectivity index (χ0v) is 22.4. The zero-order chi connectivity index (χ0) is 28.7. The van der Waals surface area contributed by atoms with Gasteiger partial charge in [-0.05, 0) is 61.7 Å². The van der Waals surface area contributed by atoms with Crippen LogP contribution in [0.5, 0.6) is 0 Å². The second kappa shape index (κ2) is 12.8. The zero-order valence-electron chi connectivity index (χ0n) is 22.4. The lowest BCUT2D eigenvalue weighted by atomic mass is 9.98. The lowest BCUT2D eigenvalue weighted by Crippen LogP contribution is -2.50. The first-order valence-corrected chi connectivity index (χ1v) is 12.9. The van der Waals surface area contributed by atoms with Crippen molar-refractivity contribution in [1.82, 2.24) is 25.7 Å². The van der Waals surface area contributed by atoms with E-state index < -0.39 is 30.0 Å². The van der Waals surface area contributed by atoms with Crippen LogP contribution in [0.15, 0.2) is 71.9 Å². The van der Waals surface area contributed by atoms with Crippen molar-refractivity contribution in [1.29, 1.82) is 0 Å². The molecule has 2 aromatic heterocycles. The smallest absolute Gasteiger partial charge is 0.303 e. The molecule has 4 N–H and O–H groups in total. The minimum atomic E-state index is -3.28. The summed E-state index contributed by atoms with van der Waals surface area (Å²) in [4.78, 5) is 34.1. The van der Waals surface area contributed by atoms with Crippen molar-refractivity contribution in [3.05, 3.63) is 94.5 Å². The number of nitrogens with zero attached hydrogens (tertiary/aromatic N) is 3. The Balaban J connectivity index is 1.36. The van der Waals surface area contributed by atoms with Crippen LogP contribution < -0.4 is 16.1 Å². The lowest BCUT2D eigenvalue weighted by molar-refractivity contribution is -0.134. The molecule has 0 spiro atoms. The molecule has 9 nitrogen and oxygen atoms in total. The number of hydrazine groups is 1. The van der Waals surface area contributed by atoms with Crippen LogP contribution in [-0.4, -0.2) is 45.0 Å². The largest absolute Gasteiger partial charge is 0.390 e. The normalized spacial score (nSPS) is 13.9. The highest BCUT2D eigenvalue weighted by atomic mass is 19.3. The fourth-order valence-corrected chi connectivity index (χ4v) is 4.40. The topological polar surface area (TPSA) is 119 Å². The number of carbonyl (C=O) groups is 2. The molecule has 2 amide bonds. The number of aromatic nitrogens is 2. The standard InChI is InChI=1S/C29H32F2N6O3/c1-19-11-13-37(34-18-29(30,31)25-10-6-7-12-32-25)28(40)22(19)15-27(39)33-16-23-20(2)14-26(36-24(23)17-38)35-21-8-4-3-5-9-21/h3-10,12,14,34,38H,11,13,15-18H2,1-2H3,(H,33,39)(H,35,36). The van der Waals surface area contributed by atoms with Gasteiger partial charge in [0, 0.05) is 30.5 Å². The van der Waals surface area contributed by atoms with Gasteiger partial charge >= 0.3 is 5.92 Å². The van der Waals surface area contributed by atoms with Gasteiger partial charge in [-0.15, -0.1) is 0 Å². The number of hydrogen-bond donors (Lipinski definition) is 4. The average molecular weight is 551 g/mol. The monoisotopic (exact) mass is 550 g/mol. The predicted octanol–water partition coefficient (Wildman–Crippen LogP) is 3.87. The Bertz CT molecular complexity index is 1380. The molecule has 11 heteroatoms. The number of anilines is 2. The van der Waals surface area contributed by atoms with Crippen LogP contribution in [0.3, 0.4) is 0 Å². The first-order valence-electron chi connectivity index (χ1n) is 12.9. The number of halogens is 2. The first kappa shape index (κ1) is 28.8. The van der Waals surface area contributed by atoms with Crippen LogP contribution in [0.2, 0.25) is 0 Å². The molecule has 1 aromatic carbocycles. The highest BCUT2D eigenvalue weighted by Gasteiger charge is 2.35. The summed E-state index contributed by atoms with van der Waals surface area (Å²) in [6.45, 7) is 2.82. The van der Waals surface area contributed by atoms with E-state index in [1.165, 1.54) is 18.3 Å². The van der Waals surface area contributed by atoms with Gasteiger partial charge in [0.2, 0.25) is 5.91 Å². The molecule has 3 heterocycles. The predicted molar refractivity (Wildman–Crippen MR) is 146 cm³/mol. The van der Waals surface area contributed by atoms with E-state index in [0.717, 1.165) is 21.8 Å². The molecular formula is C29H32F2N6O3. The van der Waals surface area contributed by atoms with Gasteiger partial charge in [0.05, 0.1) is 25.3 Å². The molecule has 1 aliphatic rings. The molecule has 0 saturated heterocycles. The molecule has 0 saturated carbocycles. The Morgan fingerprint density at radius 2 is 1.88 bits per heavy atom. The van der Waals surface area contributed by atoms with E-state index in [1.807, 2.05) is 43.3 Å². The van der Waals surface area contributed by atoms with E-state index in [2.05, 4.69) is 26.0 Å². The third kappa shape index (κ3) is 7.04. The van der Waals surface area contributed by atoms with Gasteiger partial charge < -0.3 is 15.7 Å². The number of aliphatic hydroxyl groups is 1. The van der Waals surface area contributed by atoms with Crippen molar-refractivity contribution >= 4 is 23.3 Å². The molecule has 0 unspecified atom stereocenters. The van der Waals surface area contributed by atoms with Crippen molar-refractivity contribution in [2.24, 2.45) is 0 Å². The van der Waals surface area contributed by atoms with E-state index in [4.69, 9.17) is 0 Å². The fourth-order valence-electron chi connectivity index (χ4n) is 4.40. The Labute approximate surface area is 231 Å². The minimum Gasteiger partial charge on any atom is -0.390 e. The summed E-state index contributed by atoms with van der Waals surface area (Å²) >= 11 is 0. The second-order valence-electron chi connectivity index (χ2n) is 9.57. The van der Waals surface area contributed by atoms with Crippen LogP contribution >= 0.6 is 0 Å². The maximum absolute atomic E-state index is 14.5. The van der Waals surface area contributed by atoms with Crippen LogP contribution in [-0.2, 0) is 28.7 Å². The Kier molecular flexibility index (Phi) is 9.18. The summed E-state index contributed by atoms with van der Waals surface area (Å²) in [5.41, 5.74) is 5.90. The summed E-state index contributed by atoms with van der Waals surface area (Å²) in [5.74, 6) is -3.63. The lowest BCUT2D eigenvalue weighted by Gasteiger charge is -2.31. The van der Waals surface area contributed by atoms with Gasteiger partial charge in [-0.25, -0.2) is 10.4 Å². The van der Waals surface area contributed by atoms with Crippen LogP contribution in [0.1, 0.15) is 42.3 Å². The van der Waals surface area contributed by atoms with Gasteiger partial charge in [0.15, 0.2) is 0 Å². The van der Waals surface area contributed by atoms with Crippen LogP contribution in [0.4, 0.5) is 20.3 Å². The van der Waals surface area contributed by atoms with Crippen LogP contribution in [0.25, 0.3) is 0 Å². The molecule has 4 rings (SSSR count). The Hall–Kier alpha value is -4.22. The number of nitrogens with one attached hydrogen (secondary N) is 3. The summed E-state index contributed by atoms with van der Waals surface area (Å²) in [6.07, 6.45) is 1.54. The van der Waals surface area contributed by atoms with E-state index in [0.29, 0.717) is 23.5 Å². The Morgan fingerprint density at radius 3 is 2.58 bits per heavy atom. The van der Waals surface area contributed by atoms with Gasteiger partial charge in [0.25, 0.3) is 5.91 Å². The average Bonchev–Trinajstić information content (AvgIpc) is 2.95. The number of carbonyl (C=O) groups excluding carboxylic acids is 2. The first-order chi connectivity index (χ1) is 19.2. The molecule has 40 heavy (non-hydrogen) atoms. The number of alkyl halides is 2. The number of hydrogen-bond acceptors (Lipinski definition) is 7. The number of benzene rings is 1. The molecule has 0 fully saturated rings. The molecule has 1 aliphatic heterocycles. The molecule has 210 valence electrons. The van der Waals surface area contributed by atoms with Gasteiger partial charge in [-0.1, -0.05) is 29.8 Å². The maximum Gasteiger partial charge on any atom is 0.303 e. The number of aryl methyl sites for hydroxylation is 1. The van der Waals surface area contributed by atoms with Crippen LogP contribution in [0, 0.1) is 6.92 Å². The maximum atomic E-state index is 14.5. The highest BCUT2D eigenvalue weighted by molar-refractivity contribution is 5.99. The second-order valence-corrected chi connectivity index (χ2v) is 9.57. The SMILES string of the molecule is CC1=C(CC(=O)NCc2c(C)cc(Nc3ccccc3)nc2CO)C(=O)N(NCC(F)(F)c2ccccn2)CC1. The number of rotatable bonds is 11. The molecule has 3 aromatic rings. The number of amides is 2. The van der Waals surface area contributed by atoms with E-state index >= 15 is 0 Å². The summed E-state index contributed by atoms with van der Waals surface area (Å²) < 4.78 is 29.1. The van der Waals surface area contributed by atoms with Gasteiger partial charge in [0.1, 0.15) is 11.5 Å². The number of para-hydroxylation sites is 1. The summed E-state index contributed by atoms with van der Waals surface area (Å²) in [5, 5.41) is 17.0. The van der Waals surface area contributed by atoms with Crippen molar-refractivity contribution in [2.75, 3.05) is 18.4 Å². The van der Waals surface area contributed by atoms with Gasteiger partial charge in [-0.2, -0.15) is 8.78 Å². The van der Waals surface area contributed by atoms with E-state index in [1.54, 1.807) is 13.0 Å². The number of pyridine rings is 2. The van der Waals surface area contributed by atoms with Crippen molar-refractivity contribution < 1.29 is 23.5 Å². The third-order valence-electron chi connectivity index (χ3n) is 6.69.